The SMILES string of the molecule is BrCCOC1CCN(CCC2CCCO2)CC1. The highest BCUT2D eigenvalue weighted by Crippen LogP contribution is 2.18. The summed E-state index contributed by atoms with van der Waals surface area (Å²) in [5.74, 6) is 0. The van der Waals surface area contributed by atoms with Crippen LogP contribution in [0.5, 0.6) is 0 Å². The molecule has 1 atom stereocenters. The highest BCUT2D eigenvalue weighted by molar-refractivity contribution is 9.09. The van der Waals surface area contributed by atoms with Crippen LogP contribution >= 0.6 is 15.9 Å². The molecule has 0 N–H and O–H groups in total. The Morgan fingerprint density at radius 2 is 2.06 bits per heavy atom. The van der Waals surface area contributed by atoms with Crippen LogP contribution in [0, 0.1) is 0 Å². The second-order valence-corrected chi connectivity index (χ2v) is 5.82. The van der Waals surface area contributed by atoms with Crippen molar-refractivity contribution in [1.82, 2.24) is 4.90 Å². The zero-order chi connectivity index (χ0) is 11.9. The van der Waals surface area contributed by atoms with Gasteiger partial charge < -0.3 is 14.4 Å². The maximum Gasteiger partial charge on any atom is 0.0599 e. The molecule has 100 valence electrons. The molecule has 2 aliphatic heterocycles. The maximum atomic E-state index is 5.76. The number of alkyl halides is 1. The van der Waals surface area contributed by atoms with Gasteiger partial charge in [-0.15, -0.1) is 0 Å². The van der Waals surface area contributed by atoms with Gasteiger partial charge in [-0.1, -0.05) is 15.9 Å². The van der Waals surface area contributed by atoms with E-state index in [2.05, 4.69) is 20.8 Å². The number of rotatable bonds is 6. The Morgan fingerprint density at radius 1 is 1.24 bits per heavy atom. The van der Waals surface area contributed by atoms with Gasteiger partial charge in [0, 0.05) is 31.6 Å². The van der Waals surface area contributed by atoms with Crippen LogP contribution in [0.4, 0.5) is 0 Å². The van der Waals surface area contributed by atoms with E-state index in [0.717, 1.165) is 18.5 Å². The van der Waals surface area contributed by atoms with Crippen molar-refractivity contribution in [2.75, 3.05) is 38.2 Å². The Bertz CT molecular complexity index is 202. The number of likely N-dealkylation sites (tertiary alicyclic amines) is 1. The Hall–Kier alpha value is 0.360. The molecule has 2 fully saturated rings. The molecule has 0 radical (unpaired) electrons. The molecular formula is C13H24BrNO2. The summed E-state index contributed by atoms with van der Waals surface area (Å²) in [5.41, 5.74) is 0. The summed E-state index contributed by atoms with van der Waals surface area (Å²) in [6, 6.07) is 0. The van der Waals surface area contributed by atoms with E-state index in [-0.39, 0.29) is 0 Å². The van der Waals surface area contributed by atoms with Gasteiger partial charge in [-0.25, -0.2) is 0 Å². The minimum atomic E-state index is 0.492. The maximum absolute atomic E-state index is 5.76. The van der Waals surface area contributed by atoms with Crippen molar-refractivity contribution >= 4 is 15.9 Å². The first-order valence-electron chi connectivity index (χ1n) is 6.90. The van der Waals surface area contributed by atoms with Crippen molar-refractivity contribution in [1.29, 1.82) is 0 Å². The van der Waals surface area contributed by atoms with Gasteiger partial charge in [-0.3, -0.25) is 0 Å². The smallest absolute Gasteiger partial charge is 0.0599 e. The van der Waals surface area contributed by atoms with Crippen LogP contribution < -0.4 is 0 Å². The second-order valence-electron chi connectivity index (χ2n) is 5.02. The predicted molar refractivity (Wildman–Crippen MR) is 72.8 cm³/mol. The van der Waals surface area contributed by atoms with Gasteiger partial charge in [0.05, 0.1) is 18.8 Å². The molecule has 0 spiro atoms. The largest absolute Gasteiger partial charge is 0.378 e. The van der Waals surface area contributed by atoms with Crippen LogP contribution in [0.25, 0.3) is 0 Å². The van der Waals surface area contributed by atoms with Crippen molar-refractivity contribution in [2.24, 2.45) is 0 Å². The Balaban J connectivity index is 1.55. The van der Waals surface area contributed by atoms with Crippen molar-refractivity contribution in [3.63, 3.8) is 0 Å². The van der Waals surface area contributed by atoms with Crippen molar-refractivity contribution in [3.05, 3.63) is 0 Å². The first kappa shape index (κ1) is 13.8. The van der Waals surface area contributed by atoms with E-state index in [4.69, 9.17) is 9.47 Å². The summed E-state index contributed by atoms with van der Waals surface area (Å²) in [5, 5.41) is 0.951. The first-order chi connectivity index (χ1) is 8.38. The van der Waals surface area contributed by atoms with Crippen LogP contribution in [0.3, 0.4) is 0 Å². The van der Waals surface area contributed by atoms with Crippen LogP contribution in [0.15, 0.2) is 0 Å². The fourth-order valence-corrected chi connectivity index (χ4v) is 2.90. The van der Waals surface area contributed by atoms with E-state index in [1.165, 1.54) is 51.7 Å². The highest BCUT2D eigenvalue weighted by Gasteiger charge is 2.21. The van der Waals surface area contributed by atoms with Crippen molar-refractivity contribution in [2.45, 2.75) is 44.3 Å². The normalized spacial score (nSPS) is 27.7. The lowest BCUT2D eigenvalue weighted by Gasteiger charge is -2.32. The topological polar surface area (TPSA) is 21.7 Å². The summed E-state index contributed by atoms with van der Waals surface area (Å²) >= 11 is 3.40. The third-order valence-corrected chi connectivity index (χ3v) is 4.08. The zero-order valence-corrected chi connectivity index (χ0v) is 12.2. The van der Waals surface area contributed by atoms with Gasteiger partial charge in [0.25, 0.3) is 0 Å². The molecule has 2 aliphatic rings. The lowest BCUT2D eigenvalue weighted by Crippen LogP contribution is -2.38. The van der Waals surface area contributed by atoms with E-state index in [0.29, 0.717) is 12.2 Å². The summed E-state index contributed by atoms with van der Waals surface area (Å²) in [7, 11) is 0. The van der Waals surface area contributed by atoms with Crippen molar-refractivity contribution in [3.8, 4) is 0 Å². The van der Waals surface area contributed by atoms with Gasteiger partial charge in [0.1, 0.15) is 0 Å². The zero-order valence-electron chi connectivity index (χ0n) is 10.6. The average Bonchev–Trinajstić information content (AvgIpc) is 2.88. The molecule has 1 unspecified atom stereocenters. The number of hydrogen-bond acceptors (Lipinski definition) is 3. The third-order valence-electron chi connectivity index (χ3n) is 3.76. The quantitative estimate of drug-likeness (QED) is 0.704. The lowest BCUT2D eigenvalue weighted by atomic mass is 10.1. The molecule has 17 heavy (non-hydrogen) atoms. The van der Waals surface area contributed by atoms with E-state index in [1.54, 1.807) is 0 Å². The molecule has 0 bridgehead atoms. The fourth-order valence-electron chi connectivity index (χ4n) is 2.71. The van der Waals surface area contributed by atoms with Gasteiger partial charge in [0.15, 0.2) is 0 Å². The average molecular weight is 306 g/mol. The van der Waals surface area contributed by atoms with Gasteiger partial charge in [-0.05, 0) is 32.1 Å². The van der Waals surface area contributed by atoms with Crippen LogP contribution in [-0.4, -0.2) is 55.3 Å². The molecule has 0 aromatic rings. The van der Waals surface area contributed by atoms with E-state index in [9.17, 15) is 0 Å². The number of hydrogen-bond donors (Lipinski definition) is 0. The summed E-state index contributed by atoms with van der Waals surface area (Å²) in [4.78, 5) is 2.57. The van der Waals surface area contributed by atoms with E-state index >= 15 is 0 Å². The number of nitrogens with zero attached hydrogens (tertiary/aromatic N) is 1. The van der Waals surface area contributed by atoms with Gasteiger partial charge >= 0.3 is 0 Å². The Kier molecular flexibility index (Phi) is 6.26. The molecule has 2 rings (SSSR count). The molecule has 0 aromatic carbocycles. The Morgan fingerprint density at radius 3 is 2.71 bits per heavy atom. The van der Waals surface area contributed by atoms with Crippen LogP contribution in [0.2, 0.25) is 0 Å². The molecule has 2 heterocycles. The molecule has 0 saturated carbocycles. The summed E-state index contributed by atoms with van der Waals surface area (Å²) in [6.07, 6.45) is 7.16. The monoisotopic (exact) mass is 305 g/mol. The molecule has 3 nitrogen and oxygen atoms in total. The second kappa shape index (κ2) is 7.72. The van der Waals surface area contributed by atoms with Crippen LogP contribution in [-0.2, 0) is 9.47 Å². The number of ether oxygens (including phenoxy) is 2. The lowest BCUT2D eigenvalue weighted by molar-refractivity contribution is 0.0116. The van der Waals surface area contributed by atoms with Gasteiger partial charge in [0.2, 0.25) is 0 Å². The van der Waals surface area contributed by atoms with Gasteiger partial charge in [-0.2, -0.15) is 0 Å². The fraction of sp³-hybridized carbons (Fsp3) is 1.00. The molecule has 0 aliphatic carbocycles. The molecule has 4 heteroatoms. The van der Waals surface area contributed by atoms with Crippen LogP contribution in [0.1, 0.15) is 32.1 Å². The number of piperidine rings is 1. The summed E-state index contributed by atoms with van der Waals surface area (Å²) < 4.78 is 11.4. The molecule has 0 aromatic heterocycles. The standard InChI is InChI=1S/C13H24BrNO2/c14-6-11-17-13-4-8-15(9-5-13)7-3-12-2-1-10-16-12/h12-13H,1-11H2. The van der Waals surface area contributed by atoms with E-state index < -0.39 is 0 Å². The minimum Gasteiger partial charge on any atom is -0.378 e. The predicted octanol–water partition coefficient (Wildman–Crippen LogP) is 2.43. The first-order valence-corrected chi connectivity index (χ1v) is 8.02. The van der Waals surface area contributed by atoms with E-state index in [1.807, 2.05) is 0 Å². The highest BCUT2D eigenvalue weighted by atomic mass is 79.9. The van der Waals surface area contributed by atoms with Crippen molar-refractivity contribution < 1.29 is 9.47 Å². The minimum absolute atomic E-state index is 0.492. The number of halogens is 1. The molecular weight excluding hydrogens is 282 g/mol. The summed E-state index contributed by atoms with van der Waals surface area (Å²) in [6.45, 7) is 5.42. The third kappa shape index (κ3) is 4.86. The molecule has 0 amide bonds. The molecule has 2 saturated heterocycles. The Labute approximate surface area is 113 Å².